The van der Waals surface area contributed by atoms with Crippen LogP contribution >= 0.6 is 0 Å². The summed E-state index contributed by atoms with van der Waals surface area (Å²) < 4.78 is 5.15. The number of aromatic carboxylic acids is 1. The summed E-state index contributed by atoms with van der Waals surface area (Å²) in [6.07, 6.45) is 2.05. The Morgan fingerprint density at radius 3 is 2.61 bits per heavy atom. The molecule has 0 saturated carbocycles. The first-order chi connectivity index (χ1) is 8.54. The Morgan fingerprint density at radius 1 is 1.33 bits per heavy atom. The lowest BCUT2D eigenvalue weighted by Crippen LogP contribution is -2.12. The highest BCUT2D eigenvalue weighted by Crippen LogP contribution is 2.10. The molecule has 0 spiro atoms. The smallest absolute Gasteiger partial charge is 0.338 e. The van der Waals surface area contributed by atoms with Crippen LogP contribution in [0.15, 0.2) is 24.3 Å². The first kappa shape index (κ1) is 14.2. The van der Waals surface area contributed by atoms with Crippen molar-refractivity contribution in [2.24, 2.45) is 5.92 Å². The first-order valence-electron chi connectivity index (χ1n) is 6.05. The zero-order chi connectivity index (χ0) is 13.5. The van der Waals surface area contributed by atoms with E-state index >= 15 is 0 Å². The highest BCUT2D eigenvalue weighted by Gasteiger charge is 2.12. The van der Waals surface area contributed by atoms with Crippen LogP contribution in [0.25, 0.3) is 0 Å². The van der Waals surface area contributed by atoms with Gasteiger partial charge in [0, 0.05) is 0 Å². The molecular weight excluding hydrogens is 232 g/mol. The fourth-order valence-electron chi connectivity index (χ4n) is 1.66. The Labute approximate surface area is 107 Å². The van der Waals surface area contributed by atoms with Crippen molar-refractivity contribution >= 4 is 11.9 Å². The van der Waals surface area contributed by atoms with E-state index in [2.05, 4.69) is 6.92 Å². The standard InChI is InChI=1S/C14H18O4/c1-3-5-10(2)9-18-14(17)12-7-4-6-11(8-12)13(15)16/h4,6-8,10H,3,5,9H2,1-2H3,(H,15,16). The van der Waals surface area contributed by atoms with Crippen LogP contribution in [0.1, 0.15) is 47.4 Å². The maximum atomic E-state index is 11.7. The van der Waals surface area contributed by atoms with Gasteiger partial charge in [-0.2, -0.15) is 0 Å². The molecule has 0 aromatic heterocycles. The van der Waals surface area contributed by atoms with Crippen LogP contribution in [-0.2, 0) is 4.74 Å². The van der Waals surface area contributed by atoms with Gasteiger partial charge in [0.25, 0.3) is 0 Å². The molecule has 1 rings (SSSR count). The Kier molecular flexibility index (Phi) is 5.36. The maximum absolute atomic E-state index is 11.7. The zero-order valence-electron chi connectivity index (χ0n) is 10.7. The number of carbonyl (C=O) groups excluding carboxylic acids is 1. The van der Waals surface area contributed by atoms with Crippen molar-refractivity contribution in [1.29, 1.82) is 0 Å². The van der Waals surface area contributed by atoms with E-state index in [1.807, 2.05) is 6.92 Å². The van der Waals surface area contributed by atoms with Gasteiger partial charge in [0.1, 0.15) is 0 Å². The molecule has 0 aliphatic heterocycles. The summed E-state index contributed by atoms with van der Waals surface area (Å²) in [4.78, 5) is 22.5. The highest BCUT2D eigenvalue weighted by atomic mass is 16.5. The van der Waals surface area contributed by atoms with Gasteiger partial charge in [-0.05, 0) is 30.5 Å². The summed E-state index contributed by atoms with van der Waals surface area (Å²) in [6, 6.07) is 5.86. The Morgan fingerprint density at radius 2 is 2.00 bits per heavy atom. The monoisotopic (exact) mass is 250 g/mol. The molecule has 0 amide bonds. The Hall–Kier alpha value is -1.84. The fraction of sp³-hybridized carbons (Fsp3) is 0.429. The average Bonchev–Trinajstić information content (AvgIpc) is 2.36. The van der Waals surface area contributed by atoms with Crippen molar-refractivity contribution in [3.8, 4) is 0 Å². The lowest BCUT2D eigenvalue weighted by molar-refractivity contribution is 0.0443. The minimum absolute atomic E-state index is 0.0889. The quantitative estimate of drug-likeness (QED) is 0.788. The molecule has 1 aromatic carbocycles. The minimum Gasteiger partial charge on any atom is -0.478 e. The lowest BCUT2D eigenvalue weighted by Gasteiger charge is -2.10. The summed E-state index contributed by atoms with van der Waals surface area (Å²) in [5.74, 6) is -1.20. The second kappa shape index (κ2) is 6.79. The summed E-state index contributed by atoms with van der Waals surface area (Å²) >= 11 is 0. The van der Waals surface area contributed by atoms with Gasteiger partial charge >= 0.3 is 11.9 Å². The van der Waals surface area contributed by atoms with Gasteiger partial charge in [0.05, 0.1) is 17.7 Å². The van der Waals surface area contributed by atoms with Crippen molar-refractivity contribution in [3.05, 3.63) is 35.4 Å². The number of carboxylic acid groups (broad SMARTS) is 1. The molecule has 1 atom stereocenters. The molecule has 0 aliphatic rings. The molecule has 0 bridgehead atoms. The van der Waals surface area contributed by atoms with Gasteiger partial charge in [-0.3, -0.25) is 0 Å². The molecule has 0 saturated heterocycles. The zero-order valence-corrected chi connectivity index (χ0v) is 10.7. The van der Waals surface area contributed by atoms with E-state index in [4.69, 9.17) is 9.84 Å². The van der Waals surface area contributed by atoms with Crippen LogP contribution in [0.2, 0.25) is 0 Å². The molecule has 1 aromatic rings. The fourth-order valence-corrected chi connectivity index (χ4v) is 1.66. The molecule has 4 nitrogen and oxygen atoms in total. The second-order valence-electron chi connectivity index (χ2n) is 4.38. The molecule has 1 unspecified atom stereocenters. The van der Waals surface area contributed by atoms with E-state index in [-0.39, 0.29) is 11.1 Å². The summed E-state index contributed by atoms with van der Waals surface area (Å²) in [5, 5.41) is 8.83. The Bertz CT molecular complexity index is 426. The molecule has 0 fully saturated rings. The average molecular weight is 250 g/mol. The van der Waals surface area contributed by atoms with Crippen molar-refractivity contribution in [2.75, 3.05) is 6.61 Å². The Balaban J connectivity index is 2.61. The van der Waals surface area contributed by atoms with Crippen LogP contribution in [0.5, 0.6) is 0 Å². The van der Waals surface area contributed by atoms with Crippen molar-refractivity contribution in [3.63, 3.8) is 0 Å². The number of benzene rings is 1. The van der Waals surface area contributed by atoms with E-state index < -0.39 is 11.9 Å². The number of hydrogen-bond acceptors (Lipinski definition) is 3. The molecule has 4 heteroatoms. The third-order valence-electron chi connectivity index (χ3n) is 2.63. The van der Waals surface area contributed by atoms with Gasteiger partial charge in [-0.1, -0.05) is 26.3 Å². The topological polar surface area (TPSA) is 63.6 Å². The van der Waals surface area contributed by atoms with Crippen molar-refractivity contribution in [1.82, 2.24) is 0 Å². The van der Waals surface area contributed by atoms with Crippen molar-refractivity contribution < 1.29 is 19.4 Å². The van der Waals surface area contributed by atoms with Gasteiger partial charge in [0.2, 0.25) is 0 Å². The molecule has 0 aliphatic carbocycles. The van der Waals surface area contributed by atoms with Crippen LogP contribution < -0.4 is 0 Å². The van der Waals surface area contributed by atoms with Gasteiger partial charge in [0.15, 0.2) is 0 Å². The number of hydrogen-bond donors (Lipinski definition) is 1. The van der Waals surface area contributed by atoms with E-state index in [9.17, 15) is 9.59 Å². The van der Waals surface area contributed by atoms with E-state index in [1.54, 1.807) is 6.07 Å². The van der Waals surface area contributed by atoms with Crippen LogP contribution in [0.4, 0.5) is 0 Å². The van der Waals surface area contributed by atoms with E-state index in [1.165, 1.54) is 18.2 Å². The molecular formula is C14H18O4. The summed E-state index contributed by atoms with van der Waals surface area (Å²) in [5.41, 5.74) is 0.365. The third kappa shape index (κ3) is 4.20. The predicted molar refractivity (Wildman–Crippen MR) is 67.8 cm³/mol. The van der Waals surface area contributed by atoms with Crippen LogP contribution in [0.3, 0.4) is 0 Å². The number of carboxylic acids is 1. The molecule has 1 N–H and O–H groups in total. The van der Waals surface area contributed by atoms with Crippen molar-refractivity contribution in [2.45, 2.75) is 26.7 Å². The van der Waals surface area contributed by atoms with Crippen LogP contribution in [-0.4, -0.2) is 23.7 Å². The first-order valence-corrected chi connectivity index (χ1v) is 6.05. The third-order valence-corrected chi connectivity index (χ3v) is 2.63. The predicted octanol–water partition coefficient (Wildman–Crippen LogP) is 2.98. The maximum Gasteiger partial charge on any atom is 0.338 e. The number of esters is 1. The largest absolute Gasteiger partial charge is 0.478 e. The minimum atomic E-state index is -1.05. The van der Waals surface area contributed by atoms with Gasteiger partial charge in [-0.25, -0.2) is 9.59 Å². The molecule has 0 heterocycles. The van der Waals surface area contributed by atoms with Gasteiger partial charge in [-0.15, -0.1) is 0 Å². The number of rotatable bonds is 6. The van der Waals surface area contributed by atoms with E-state index in [0.717, 1.165) is 12.8 Å². The highest BCUT2D eigenvalue weighted by molar-refractivity contribution is 5.94. The SMILES string of the molecule is CCCC(C)COC(=O)c1cccc(C(=O)O)c1. The second-order valence-corrected chi connectivity index (χ2v) is 4.38. The summed E-state index contributed by atoms with van der Waals surface area (Å²) in [7, 11) is 0. The lowest BCUT2D eigenvalue weighted by atomic mass is 10.1. The van der Waals surface area contributed by atoms with E-state index in [0.29, 0.717) is 12.5 Å². The summed E-state index contributed by atoms with van der Waals surface area (Å²) in [6.45, 7) is 4.46. The number of carbonyl (C=O) groups is 2. The number of ether oxygens (including phenoxy) is 1. The molecule has 98 valence electrons. The van der Waals surface area contributed by atoms with Gasteiger partial charge < -0.3 is 9.84 Å². The molecule has 0 radical (unpaired) electrons. The van der Waals surface area contributed by atoms with Crippen LogP contribution in [0, 0.1) is 5.92 Å². The molecule has 18 heavy (non-hydrogen) atoms. The normalized spacial score (nSPS) is 11.9.